The van der Waals surface area contributed by atoms with Crippen LogP contribution in [0, 0.1) is 0 Å². The molecule has 0 radical (unpaired) electrons. The third-order valence-corrected chi connectivity index (χ3v) is 2.43. The number of hydrogen-bond acceptors (Lipinski definition) is 2. The Morgan fingerprint density at radius 2 is 2.00 bits per heavy atom. The molecule has 0 fully saturated rings. The molecule has 0 bridgehead atoms. The lowest BCUT2D eigenvalue weighted by atomic mass is 10.1. The molecule has 15 heavy (non-hydrogen) atoms. The smallest absolute Gasteiger partial charge is 0.0619 e. The van der Waals surface area contributed by atoms with Crippen LogP contribution in [0.5, 0.6) is 0 Å². The molecule has 0 atom stereocenters. The minimum atomic E-state index is 0.491. The first-order chi connectivity index (χ1) is 7.27. The van der Waals surface area contributed by atoms with E-state index in [1.54, 1.807) is 0 Å². The average molecular weight is 200 g/mol. The van der Waals surface area contributed by atoms with E-state index in [9.17, 15) is 0 Å². The quantitative estimate of drug-likeness (QED) is 0.824. The molecule has 1 aromatic carbocycles. The summed E-state index contributed by atoms with van der Waals surface area (Å²) in [6, 6.07) is 10.9. The minimum Gasteiger partial charge on any atom is -0.309 e. The minimum absolute atomic E-state index is 0.491. The molecule has 1 aromatic heterocycles. The Bertz CT molecular complexity index is 444. The van der Waals surface area contributed by atoms with Gasteiger partial charge in [-0.15, -0.1) is 0 Å². The number of hydrogen-bond donors (Lipinski definition) is 1. The molecule has 2 rings (SSSR count). The molecule has 1 N–H and O–H groups in total. The van der Waals surface area contributed by atoms with Gasteiger partial charge in [0.1, 0.15) is 0 Å². The standard InChI is InChI=1S/C13H16N2/c1-10(2)15-9-13-12-6-4-3-5-11(12)7-8-14-13/h3-8,10,15H,9H2,1-2H3. The number of rotatable bonds is 3. The normalized spacial score (nSPS) is 11.1. The van der Waals surface area contributed by atoms with Crippen molar-refractivity contribution < 1.29 is 0 Å². The summed E-state index contributed by atoms with van der Waals surface area (Å²) in [5.74, 6) is 0. The van der Waals surface area contributed by atoms with Crippen molar-refractivity contribution in [3.8, 4) is 0 Å². The van der Waals surface area contributed by atoms with Gasteiger partial charge in [0.25, 0.3) is 0 Å². The summed E-state index contributed by atoms with van der Waals surface area (Å²) in [5.41, 5.74) is 1.13. The van der Waals surface area contributed by atoms with Crippen molar-refractivity contribution in [2.24, 2.45) is 0 Å². The Hall–Kier alpha value is -1.41. The second-order valence-corrected chi connectivity index (χ2v) is 4.01. The predicted molar refractivity (Wildman–Crippen MR) is 63.7 cm³/mol. The van der Waals surface area contributed by atoms with E-state index < -0.39 is 0 Å². The van der Waals surface area contributed by atoms with Crippen LogP contribution in [0.15, 0.2) is 36.5 Å². The third kappa shape index (κ3) is 2.34. The first-order valence-corrected chi connectivity index (χ1v) is 5.33. The van der Waals surface area contributed by atoms with E-state index in [1.807, 2.05) is 12.3 Å². The average Bonchev–Trinajstić information content (AvgIpc) is 2.26. The highest BCUT2D eigenvalue weighted by Gasteiger charge is 2.01. The molecule has 1 heterocycles. The van der Waals surface area contributed by atoms with Crippen molar-refractivity contribution in [1.29, 1.82) is 0 Å². The summed E-state index contributed by atoms with van der Waals surface area (Å²) in [7, 11) is 0. The van der Waals surface area contributed by atoms with Gasteiger partial charge in [-0.25, -0.2) is 0 Å². The molecule has 0 aliphatic carbocycles. The van der Waals surface area contributed by atoms with Crippen LogP contribution in [0.1, 0.15) is 19.5 Å². The van der Waals surface area contributed by atoms with Gasteiger partial charge in [-0.3, -0.25) is 4.98 Å². The monoisotopic (exact) mass is 200 g/mol. The van der Waals surface area contributed by atoms with E-state index in [4.69, 9.17) is 0 Å². The Labute approximate surface area is 90.3 Å². The van der Waals surface area contributed by atoms with Crippen molar-refractivity contribution in [3.63, 3.8) is 0 Å². The van der Waals surface area contributed by atoms with E-state index in [1.165, 1.54) is 10.8 Å². The van der Waals surface area contributed by atoms with Crippen molar-refractivity contribution in [2.75, 3.05) is 0 Å². The maximum atomic E-state index is 4.42. The molecule has 0 aliphatic heterocycles. The molecular weight excluding hydrogens is 184 g/mol. The summed E-state index contributed by atoms with van der Waals surface area (Å²) in [6.07, 6.45) is 1.87. The lowest BCUT2D eigenvalue weighted by Crippen LogP contribution is -2.22. The van der Waals surface area contributed by atoms with Gasteiger partial charge in [0.15, 0.2) is 0 Å². The molecule has 0 amide bonds. The Morgan fingerprint density at radius 1 is 1.20 bits per heavy atom. The fraction of sp³-hybridized carbons (Fsp3) is 0.308. The third-order valence-electron chi connectivity index (χ3n) is 2.43. The van der Waals surface area contributed by atoms with Gasteiger partial charge in [-0.05, 0) is 11.5 Å². The topological polar surface area (TPSA) is 24.9 Å². The number of fused-ring (bicyclic) bond motifs is 1. The molecule has 2 heteroatoms. The largest absolute Gasteiger partial charge is 0.309 e. The molecule has 2 nitrogen and oxygen atoms in total. The van der Waals surface area contributed by atoms with E-state index in [-0.39, 0.29) is 0 Å². The number of benzene rings is 1. The van der Waals surface area contributed by atoms with E-state index >= 15 is 0 Å². The highest BCUT2D eigenvalue weighted by atomic mass is 14.9. The zero-order valence-corrected chi connectivity index (χ0v) is 9.20. The highest BCUT2D eigenvalue weighted by Crippen LogP contribution is 2.15. The molecule has 2 aromatic rings. The van der Waals surface area contributed by atoms with Crippen LogP contribution in [-0.2, 0) is 6.54 Å². The SMILES string of the molecule is CC(C)NCc1nccc2ccccc12. The van der Waals surface area contributed by atoms with E-state index in [0.29, 0.717) is 6.04 Å². The van der Waals surface area contributed by atoms with Crippen LogP contribution in [-0.4, -0.2) is 11.0 Å². The molecule has 0 saturated heterocycles. The van der Waals surface area contributed by atoms with Gasteiger partial charge in [0, 0.05) is 24.2 Å². The Morgan fingerprint density at radius 3 is 2.80 bits per heavy atom. The van der Waals surface area contributed by atoms with Gasteiger partial charge in [0.05, 0.1) is 5.69 Å². The highest BCUT2D eigenvalue weighted by molar-refractivity contribution is 5.84. The molecule has 78 valence electrons. The zero-order chi connectivity index (χ0) is 10.7. The van der Waals surface area contributed by atoms with Crippen molar-refractivity contribution in [1.82, 2.24) is 10.3 Å². The first kappa shape index (κ1) is 10.1. The van der Waals surface area contributed by atoms with Crippen LogP contribution in [0.25, 0.3) is 10.8 Å². The van der Waals surface area contributed by atoms with Gasteiger partial charge in [-0.2, -0.15) is 0 Å². The van der Waals surface area contributed by atoms with Gasteiger partial charge in [-0.1, -0.05) is 38.1 Å². The molecule has 0 aliphatic rings. The van der Waals surface area contributed by atoms with Crippen molar-refractivity contribution in [2.45, 2.75) is 26.4 Å². The van der Waals surface area contributed by atoms with E-state index in [2.05, 4.69) is 48.4 Å². The Kier molecular flexibility index (Phi) is 2.97. The molecular formula is C13H16N2. The van der Waals surface area contributed by atoms with Gasteiger partial charge >= 0.3 is 0 Å². The molecule has 0 unspecified atom stereocenters. The summed E-state index contributed by atoms with van der Waals surface area (Å²) in [4.78, 5) is 4.42. The van der Waals surface area contributed by atoms with Crippen LogP contribution >= 0.6 is 0 Å². The summed E-state index contributed by atoms with van der Waals surface area (Å²) in [5, 5.41) is 5.89. The van der Waals surface area contributed by atoms with Crippen molar-refractivity contribution >= 4 is 10.8 Å². The predicted octanol–water partition coefficient (Wildman–Crippen LogP) is 2.73. The lowest BCUT2D eigenvalue weighted by Gasteiger charge is -2.09. The summed E-state index contributed by atoms with van der Waals surface area (Å²) in [6.45, 7) is 5.12. The second kappa shape index (κ2) is 4.41. The number of aromatic nitrogens is 1. The lowest BCUT2D eigenvalue weighted by molar-refractivity contribution is 0.584. The summed E-state index contributed by atoms with van der Waals surface area (Å²) >= 11 is 0. The number of nitrogens with zero attached hydrogens (tertiary/aromatic N) is 1. The van der Waals surface area contributed by atoms with Gasteiger partial charge < -0.3 is 5.32 Å². The Balaban J connectivity index is 2.34. The van der Waals surface area contributed by atoms with Gasteiger partial charge in [0.2, 0.25) is 0 Å². The van der Waals surface area contributed by atoms with Crippen LogP contribution < -0.4 is 5.32 Å². The maximum absolute atomic E-state index is 4.42. The summed E-state index contributed by atoms with van der Waals surface area (Å²) < 4.78 is 0. The fourth-order valence-corrected chi connectivity index (χ4v) is 1.62. The fourth-order valence-electron chi connectivity index (χ4n) is 1.62. The zero-order valence-electron chi connectivity index (χ0n) is 9.20. The number of pyridine rings is 1. The van der Waals surface area contributed by atoms with Crippen LogP contribution in [0.2, 0.25) is 0 Å². The van der Waals surface area contributed by atoms with Crippen LogP contribution in [0.4, 0.5) is 0 Å². The number of nitrogens with one attached hydrogen (secondary N) is 1. The maximum Gasteiger partial charge on any atom is 0.0619 e. The first-order valence-electron chi connectivity index (χ1n) is 5.33. The second-order valence-electron chi connectivity index (χ2n) is 4.01. The van der Waals surface area contributed by atoms with Crippen LogP contribution in [0.3, 0.4) is 0 Å². The molecule has 0 spiro atoms. The molecule has 0 saturated carbocycles. The van der Waals surface area contributed by atoms with E-state index in [0.717, 1.165) is 12.2 Å². The van der Waals surface area contributed by atoms with Crippen molar-refractivity contribution in [3.05, 3.63) is 42.2 Å².